The molecular formula is C10H5ClF3N. The molecule has 2 aromatic rings. The van der Waals surface area contributed by atoms with E-state index >= 15 is 0 Å². The van der Waals surface area contributed by atoms with Crippen LogP contribution in [0.1, 0.15) is 5.69 Å². The van der Waals surface area contributed by atoms with Crippen molar-refractivity contribution in [1.29, 1.82) is 0 Å². The summed E-state index contributed by atoms with van der Waals surface area (Å²) in [5, 5.41) is 0.219. The number of para-hydroxylation sites is 1. The van der Waals surface area contributed by atoms with Gasteiger partial charge in [-0.3, -0.25) is 0 Å². The molecule has 0 saturated carbocycles. The van der Waals surface area contributed by atoms with Gasteiger partial charge in [-0.1, -0.05) is 29.8 Å². The highest BCUT2D eigenvalue weighted by atomic mass is 35.5. The number of benzene rings is 1. The van der Waals surface area contributed by atoms with Crippen molar-refractivity contribution in [3.05, 3.63) is 41.0 Å². The van der Waals surface area contributed by atoms with Crippen LogP contribution in [0.4, 0.5) is 13.2 Å². The van der Waals surface area contributed by atoms with Gasteiger partial charge in [-0.2, -0.15) is 13.2 Å². The molecule has 1 heterocycles. The number of fused-ring (bicyclic) bond motifs is 1. The summed E-state index contributed by atoms with van der Waals surface area (Å²) in [6.45, 7) is 0. The zero-order valence-corrected chi connectivity index (χ0v) is 8.10. The monoisotopic (exact) mass is 231 g/mol. The topological polar surface area (TPSA) is 12.9 Å². The maximum absolute atomic E-state index is 12.4. The molecule has 0 aliphatic carbocycles. The Hall–Kier alpha value is -1.29. The average molecular weight is 232 g/mol. The van der Waals surface area contributed by atoms with Crippen molar-refractivity contribution in [2.45, 2.75) is 6.18 Å². The van der Waals surface area contributed by atoms with E-state index in [4.69, 9.17) is 11.6 Å². The van der Waals surface area contributed by atoms with Crippen molar-refractivity contribution in [1.82, 2.24) is 4.98 Å². The van der Waals surface area contributed by atoms with Crippen molar-refractivity contribution in [2.75, 3.05) is 0 Å². The number of rotatable bonds is 0. The van der Waals surface area contributed by atoms with Gasteiger partial charge in [-0.25, -0.2) is 4.98 Å². The number of alkyl halides is 3. The summed E-state index contributed by atoms with van der Waals surface area (Å²) < 4.78 is 37.3. The summed E-state index contributed by atoms with van der Waals surface area (Å²) in [6.07, 6.45) is -4.51. The molecule has 0 bridgehead atoms. The van der Waals surface area contributed by atoms with E-state index in [0.29, 0.717) is 5.39 Å². The maximum Gasteiger partial charge on any atom is 0.434 e. The van der Waals surface area contributed by atoms with E-state index in [1.165, 1.54) is 12.1 Å². The van der Waals surface area contributed by atoms with Gasteiger partial charge in [0, 0.05) is 5.39 Å². The first-order valence-electron chi connectivity index (χ1n) is 4.11. The molecule has 0 saturated heterocycles. The number of nitrogens with zero attached hydrogens (tertiary/aromatic N) is 1. The van der Waals surface area contributed by atoms with Crippen molar-refractivity contribution < 1.29 is 13.2 Å². The molecule has 0 amide bonds. The summed E-state index contributed by atoms with van der Waals surface area (Å²) in [7, 11) is 0. The second kappa shape index (κ2) is 3.38. The SMILES string of the molecule is FC(F)(F)c1nc2ccccc2cc1Cl. The normalized spacial score (nSPS) is 12.0. The van der Waals surface area contributed by atoms with Crippen LogP contribution in [0.2, 0.25) is 5.02 Å². The third-order valence-electron chi connectivity index (χ3n) is 1.95. The Kier molecular flexibility index (Phi) is 2.31. The lowest BCUT2D eigenvalue weighted by molar-refractivity contribution is -0.140. The molecule has 0 radical (unpaired) electrons. The fourth-order valence-electron chi connectivity index (χ4n) is 1.29. The summed E-state index contributed by atoms with van der Waals surface area (Å²) >= 11 is 5.51. The fourth-order valence-corrected chi connectivity index (χ4v) is 1.56. The van der Waals surface area contributed by atoms with E-state index in [1.54, 1.807) is 18.2 Å². The minimum absolute atomic E-state index is 0.286. The highest BCUT2D eigenvalue weighted by molar-refractivity contribution is 6.31. The summed E-state index contributed by atoms with van der Waals surface area (Å²) in [5.74, 6) is 0. The number of aromatic nitrogens is 1. The summed E-state index contributed by atoms with van der Waals surface area (Å²) in [6, 6.07) is 7.79. The zero-order valence-electron chi connectivity index (χ0n) is 7.35. The summed E-state index contributed by atoms with van der Waals surface area (Å²) in [5.41, 5.74) is -0.753. The van der Waals surface area contributed by atoms with Crippen LogP contribution in [0.3, 0.4) is 0 Å². The maximum atomic E-state index is 12.4. The van der Waals surface area contributed by atoms with E-state index in [9.17, 15) is 13.2 Å². The molecule has 78 valence electrons. The Morgan fingerprint density at radius 1 is 1.13 bits per heavy atom. The Bertz CT molecular complexity index is 507. The highest BCUT2D eigenvalue weighted by Gasteiger charge is 2.35. The Labute approximate surface area is 88.5 Å². The molecule has 1 nitrogen and oxygen atoms in total. The second-order valence-electron chi connectivity index (χ2n) is 3.01. The smallest absolute Gasteiger partial charge is 0.242 e. The lowest BCUT2D eigenvalue weighted by Crippen LogP contribution is -2.08. The molecule has 15 heavy (non-hydrogen) atoms. The molecule has 1 aromatic carbocycles. The van der Waals surface area contributed by atoms with Gasteiger partial charge in [-0.05, 0) is 12.1 Å². The van der Waals surface area contributed by atoms with Gasteiger partial charge >= 0.3 is 6.18 Å². The van der Waals surface area contributed by atoms with Gasteiger partial charge in [0.25, 0.3) is 0 Å². The summed E-state index contributed by atoms with van der Waals surface area (Å²) in [4.78, 5) is 3.49. The lowest BCUT2D eigenvalue weighted by Gasteiger charge is -2.08. The average Bonchev–Trinajstić information content (AvgIpc) is 2.15. The first-order chi connectivity index (χ1) is 6.98. The number of halogens is 4. The first-order valence-corrected chi connectivity index (χ1v) is 4.49. The van der Waals surface area contributed by atoms with Crippen LogP contribution in [0.15, 0.2) is 30.3 Å². The van der Waals surface area contributed by atoms with Crippen molar-refractivity contribution in [2.24, 2.45) is 0 Å². The fraction of sp³-hybridized carbons (Fsp3) is 0.100. The lowest BCUT2D eigenvalue weighted by atomic mass is 10.2. The van der Waals surface area contributed by atoms with E-state index in [2.05, 4.69) is 4.98 Å². The molecule has 0 spiro atoms. The van der Waals surface area contributed by atoms with Gasteiger partial charge in [0.2, 0.25) is 0 Å². The van der Waals surface area contributed by atoms with Gasteiger partial charge in [0.15, 0.2) is 5.69 Å². The number of hydrogen-bond acceptors (Lipinski definition) is 1. The van der Waals surface area contributed by atoms with Crippen LogP contribution in [-0.4, -0.2) is 4.98 Å². The first kappa shape index (κ1) is 10.2. The van der Waals surface area contributed by atoms with Crippen molar-refractivity contribution in [3.63, 3.8) is 0 Å². The Morgan fingerprint density at radius 3 is 2.47 bits per heavy atom. The molecule has 0 aliphatic heterocycles. The predicted molar refractivity (Wildman–Crippen MR) is 51.8 cm³/mol. The third-order valence-corrected chi connectivity index (χ3v) is 2.23. The van der Waals surface area contributed by atoms with Crippen LogP contribution < -0.4 is 0 Å². The quantitative estimate of drug-likeness (QED) is 0.670. The van der Waals surface area contributed by atoms with E-state index < -0.39 is 11.9 Å². The van der Waals surface area contributed by atoms with Crippen LogP contribution in [0.5, 0.6) is 0 Å². The molecule has 2 rings (SSSR count). The predicted octanol–water partition coefficient (Wildman–Crippen LogP) is 3.91. The van der Waals surface area contributed by atoms with Gasteiger partial charge in [-0.15, -0.1) is 0 Å². The van der Waals surface area contributed by atoms with Crippen molar-refractivity contribution in [3.8, 4) is 0 Å². The van der Waals surface area contributed by atoms with Crippen LogP contribution in [0.25, 0.3) is 10.9 Å². The van der Waals surface area contributed by atoms with E-state index in [-0.39, 0.29) is 10.5 Å². The molecule has 0 N–H and O–H groups in total. The van der Waals surface area contributed by atoms with Gasteiger partial charge < -0.3 is 0 Å². The largest absolute Gasteiger partial charge is 0.434 e. The molecule has 0 aliphatic rings. The van der Waals surface area contributed by atoms with Crippen LogP contribution in [-0.2, 0) is 6.18 Å². The third kappa shape index (κ3) is 1.90. The van der Waals surface area contributed by atoms with Gasteiger partial charge in [0.05, 0.1) is 10.5 Å². The van der Waals surface area contributed by atoms with E-state index in [1.807, 2.05) is 0 Å². The van der Waals surface area contributed by atoms with Crippen molar-refractivity contribution >= 4 is 22.5 Å². The minimum atomic E-state index is -4.51. The molecular weight excluding hydrogens is 227 g/mol. The Balaban J connectivity index is 2.73. The molecule has 0 fully saturated rings. The number of hydrogen-bond donors (Lipinski definition) is 0. The number of pyridine rings is 1. The zero-order chi connectivity index (χ0) is 11.1. The van der Waals surface area contributed by atoms with Gasteiger partial charge in [0.1, 0.15) is 0 Å². The highest BCUT2D eigenvalue weighted by Crippen LogP contribution is 2.34. The van der Waals surface area contributed by atoms with Crippen LogP contribution >= 0.6 is 11.6 Å². The molecule has 5 heteroatoms. The van der Waals surface area contributed by atoms with E-state index in [0.717, 1.165) is 0 Å². The molecule has 0 unspecified atom stereocenters. The standard InChI is InChI=1S/C10H5ClF3N/c11-7-5-6-3-1-2-4-8(6)15-9(7)10(12,13)14/h1-5H. The Morgan fingerprint density at radius 2 is 1.80 bits per heavy atom. The molecule has 0 atom stereocenters. The second-order valence-corrected chi connectivity index (χ2v) is 3.42. The molecule has 1 aromatic heterocycles. The minimum Gasteiger partial charge on any atom is -0.242 e. The van der Waals surface area contributed by atoms with Crippen LogP contribution in [0, 0.1) is 0 Å².